The molecule has 0 saturated carbocycles. The van der Waals surface area contributed by atoms with Crippen molar-refractivity contribution in [2.24, 2.45) is 7.05 Å². The van der Waals surface area contributed by atoms with E-state index in [0.29, 0.717) is 17.1 Å². The van der Waals surface area contributed by atoms with Gasteiger partial charge in [-0.2, -0.15) is 10.4 Å². The standard InChI is InChI=1S/C14H15N5O2/c1-9(12-6-4-11(8-15)5-7-12)16-14-13(19(20)21)10(2)17-18(14)3/h4-7,9,16H,1-3H3. The maximum atomic E-state index is 11.1. The number of anilines is 1. The number of nitro groups is 1. The third-order valence-corrected chi connectivity index (χ3v) is 3.27. The number of rotatable bonds is 4. The van der Waals surface area contributed by atoms with Gasteiger partial charge < -0.3 is 5.32 Å². The third kappa shape index (κ3) is 2.84. The van der Waals surface area contributed by atoms with Gasteiger partial charge in [-0.3, -0.25) is 10.1 Å². The summed E-state index contributed by atoms with van der Waals surface area (Å²) in [5.41, 5.74) is 1.87. The van der Waals surface area contributed by atoms with Gasteiger partial charge >= 0.3 is 5.69 Å². The van der Waals surface area contributed by atoms with Crippen LogP contribution < -0.4 is 5.32 Å². The van der Waals surface area contributed by atoms with Crippen LogP contribution in [-0.2, 0) is 7.05 Å². The van der Waals surface area contributed by atoms with Crippen molar-refractivity contribution in [3.63, 3.8) is 0 Å². The predicted molar refractivity (Wildman–Crippen MR) is 77.8 cm³/mol. The van der Waals surface area contributed by atoms with E-state index in [1.165, 1.54) is 4.68 Å². The number of nitrogens with zero attached hydrogens (tertiary/aromatic N) is 4. The zero-order valence-corrected chi connectivity index (χ0v) is 12.0. The van der Waals surface area contributed by atoms with Crippen molar-refractivity contribution in [2.45, 2.75) is 19.9 Å². The molecule has 7 heteroatoms. The van der Waals surface area contributed by atoms with Gasteiger partial charge in [-0.1, -0.05) is 12.1 Å². The second-order valence-electron chi connectivity index (χ2n) is 4.76. The van der Waals surface area contributed by atoms with E-state index in [-0.39, 0.29) is 11.7 Å². The Morgan fingerprint density at radius 3 is 2.57 bits per heavy atom. The monoisotopic (exact) mass is 285 g/mol. The maximum Gasteiger partial charge on any atom is 0.333 e. The number of nitriles is 1. The van der Waals surface area contributed by atoms with Gasteiger partial charge in [0.15, 0.2) is 0 Å². The van der Waals surface area contributed by atoms with Gasteiger partial charge in [0.25, 0.3) is 0 Å². The van der Waals surface area contributed by atoms with Crippen LogP contribution in [0.1, 0.15) is 29.8 Å². The molecule has 0 amide bonds. The second-order valence-corrected chi connectivity index (χ2v) is 4.76. The van der Waals surface area contributed by atoms with Gasteiger partial charge in [-0.15, -0.1) is 0 Å². The highest BCUT2D eigenvalue weighted by Crippen LogP contribution is 2.30. The van der Waals surface area contributed by atoms with Crippen LogP contribution in [0.3, 0.4) is 0 Å². The summed E-state index contributed by atoms with van der Waals surface area (Å²) in [4.78, 5) is 10.7. The molecule has 1 aromatic heterocycles. The lowest BCUT2D eigenvalue weighted by Crippen LogP contribution is -2.11. The Hall–Kier alpha value is -2.88. The largest absolute Gasteiger partial charge is 0.358 e. The van der Waals surface area contributed by atoms with Crippen LogP contribution in [0, 0.1) is 28.4 Å². The molecule has 1 heterocycles. The maximum absolute atomic E-state index is 11.1. The zero-order valence-electron chi connectivity index (χ0n) is 12.0. The molecule has 7 nitrogen and oxygen atoms in total. The Balaban J connectivity index is 2.29. The first-order valence-corrected chi connectivity index (χ1v) is 6.38. The number of aromatic nitrogens is 2. The van der Waals surface area contributed by atoms with Crippen molar-refractivity contribution >= 4 is 11.5 Å². The molecule has 1 aromatic carbocycles. The van der Waals surface area contributed by atoms with Crippen LogP contribution in [0.4, 0.5) is 11.5 Å². The molecule has 1 unspecified atom stereocenters. The first-order chi connectivity index (χ1) is 9.93. The Labute approximate surface area is 122 Å². The molecule has 1 atom stereocenters. The normalized spacial score (nSPS) is 11.7. The average molecular weight is 285 g/mol. The molecule has 0 radical (unpaired) electrons. The fourth-order valence-electron chi connectivity index (χ4n) is 2.16. The molecule has 108 valence electrons. The number of benzene rings is 1. The van der Waals surface area contributed by atoms with Crippen molar-refractivity contribution in [1.29, 1.82) is 5.26 Å². The van der Waals surface area contributed by atoms with Gasteiger partial charge in [0.05, 0.1) is 22.6 Å². The van der Waals surface area contributed by atoms with Crippen LogP contribution in [0.2, 0.25) is 0 Å². The van der Waals surface area contributed by atoms with Crippen molar-refractivity contribution in [3.05, 3.63) is 51.2 Å². The van der Waals surface area contributed by atoms with E-state index in [4.69, 9.17) is 5.26 Å². The van der Waals surface area contributed by atoms with Crippen molar-refractivity contribution in [3.8, 4) is 6.07 Å². The van der Waals surface area contributed by atoms with E-state index in [9.17, 15) is 10.1 Å². The molecule has 2 rings (SSSR count). The quantitative estimate of drug-likeness (QED) is 0.688. The van der Waals surface area contributed by atoms with Gasteiger partial charge in [0.2, 0.25) is 5.82 Å². The number of hydrogen-bond acceptors (Lipinski definition) is 5. The van der Waals surface area contributed by atoms with E-state index in [1.807, 2.05) is 19.1 Å². The summed E-state index contributed by atoms with van der Waals surface area (Å²) in [5.74, 6) is 0.370. The van der Waals surface area contributed by atoms with Crippen LogP contribution in [0.15, 0.2) is 24.3 Å². The molecular formula is C14H15N5O2. The summed E-state index contributed by atoms with van der Waals surface area (Å²) in [7, 11) is 1.66. The Kier molecular flexibility index (Phi) is 3.89. The molecule has 2 aromatic rings. The molecule has 0 aliphatic rings. The van der Waals surface area contributed by atoms with Crippen molar-refractivity contribution in [1.82, 2.24) is 9.78 Å². The summed E-state index contributed by atoms with van der Waals surface area (Å²) < 4.78 is 1.47. The highest BCUT2D eigenvalue weighted by molar-refractivity contribution is 5.60. The van der Waals surface area contributed by atoms with Gasteiger partial charge in [-0.25, -0.2) is 4.68 Å². The number of hydrogen-bond donors (Lipinski definition) is 1. The SMILES string of the molecule is Cc1nn(C)c(NC(C)c2ccc(C#N)cc2)c1[N+](=O)[O-]. The first-order valence-electron chi connectivity index (χ1n) is 6.38. The molecule has 0 bridgehead atoms. The van der Waals surface area contributed by atoms with Crippen LogP contribution in [-0.4, -0.2) is 14.7 Å². The van der Waals surface area contributed by atoms with Crippen LogP contribution >= 0.6 is 0 Å². The Morgan fingerprint density at radius 2 is 2.05 bits per heavy atom. The summed E-state index contributed by atoms with van der Waals surface area (Å²) in [6.45, 7) is 3.50. The van der Waals surface area contributed by atoms with Crippen molar-refractivity contribution < 1.29 is 4.92 Å². The minimum Gasteiger partial charge on any atom is -0.358 e. The molecule has 0 aliphatic heterocycles. The van der Waals surface area contributed by atoms with E-state index in [1.54, 1.807) is 26.1 Å². The summed E-state index contributed by atoms with van der Waals surface area (Å²) >= 11 is 0. The van der Waals surface area contributed by atoms with Crippen LogP contribution in [0.5, 0.6) is 0 Å². The highest BCUT2D eigenvalue weighted by Gasteiger charge is 2.25. The Morgan fingerprint density at radius 1 is 1.43 bits per heavy atom. The summed E-state index contributed by atoms with van der Waals surface area (Å²) in [6.07, 6.45) is 0. The van der Waals surface area contributed by atoms with Crippen molar-refractivity contribution in [2.75, 3.05) is 5.32 Å². The smallest absolute Gasteiger partial charge is 0.333 e. The van der Waals surface area contributed by atoms with Gasteiger partial charge in [0, 0.05) is 7.05 Å². The second kappa shape index (κ2) is 5.63. The number of nitrogens with one attached hydrogen (secondary N) is 1. The lowest BCUT2D eigenvalue weighted by atomic mass is 10.1. The van der Waals surface area contributed by atoms with E-state index in [2.05, 4.69) is 16.5 Å². The first kappa shape index (κ1) is 14.5. The summed E-state index contributed by atoms with van der Waals surface area (Å²) in [6, 6.07) is 9.00. The lowest BCUT2D eigenvalue weighted by Gasteiger charge is -2.15. The Bertz CT molecular complexity index is 712. The van der Waals surface area contributed by atoms with E-state index < -0.39 is 4.92 Å². The van der Waals surface area contributed by atoms with E-state index in [0.717, 1.165) is 5.56 Å². The third-order valence-electron chi connectivity index (χ3n) is 3.27. The molecule has 0 saturated heterocycles. The highest BCUT2D eigenvalue weighted by atomic mass is 16.6. The molecule has 0 aliphatic carbocycles. The summed E-state index contributed by atoms with van der Waals surface area (Å²) in [5, 5.41) is 27.1. The fraction of sp³-hybridized carbons (Fsp3) is 0.286. The van der Waals surface area contributed by atoms with E-state index >= 15 is 0 Å². The minimum absolute atomic E-state index is 0.0157. The van der Waals surface area contributed by atoms with Gasteiger partial charge in [0.1, 0.15) is 5.69 Å². The molecular weight excluding hydrogens is 270 g/mol. The number of aryl methyl sites for hydroxylation is 2. The lowest BCUT2D eigenvalue weighted by molar-refractivity contribution is -0.384. The fourth-order valence-corrected chi connectivity index (χ4v) is 2.16. The van der Waals surface area contributed by atoms with Crippen LogP contribution in [0.25, 0.3) is 0 Å². The van der Waals surface area contributed by atoms with Gasteiger partial charge in [-0.05, 0) is 31.5 Å². The molecule has 1 N–H and O–H groups in total. The molecule has 0 spiro atoms. The zero-order chi connectivity index (χ0) is 15.6. The topological polar surface area (TPSA) is 96.8 Å². The minimum atomic E-state index is -0.434. The molecule has 21 heavy (non-hydrogen) atoms. The molecule has 0 fully saturated rings. The average Bonchev–Trinajstić information content (AvgIpc) is 2.73. The predicted octanol–water partition coefficient (Wildman–Crippen LogP) is 2.68.